The van der Waals surface area contributed by atoms with E-state index >= 15 is 0 Å². The summed E-state index contributed by atoms with van der Waals surface area (Å²) in [5.74, 6) is 0.764. The molecule has 1 heterocycles. The molecule has 1 aromatic rings. The van der Waals surface area contributed by atoms with Crippen molar-refractivity contribution in [2.24, 2.45) is 4.99 Å². The fraction of sp³-hybridized carbons (Fsp3) is 0.0909. The summed E-state index contributed by atoms with van der Waals surface area (Å²) in [6, 6.07) is 9.71. The first-order valence-electron chi connectivity index (χ1n) is 4.40. The van der Waals surface area contributed by atoms with Gasteiger partial charge in [0.2, 0.25) is 5.84 Å². The lowest BCUT2D eigenvalue weighted by molar-refractivity contribution is -0.668. The van der Waals surface area contributed by atoms with Crippen LogP contribution in [0.4, 0.5) is 0 Å². The first-order chi connectivity index (χ1) is 6.76. The van der Waals surface area contributed by atoms with Crippen LogP contribution in [0.5, 0.6) is 0 Å². The zero-order chi connectivity index (χ0) is 10.0. The highest BCUT2D eigenvalue weighted by atomic mass is 16.1. The zero-order valence-corrected chi connectivity index (χ0v) is 7.92. The molecule has 2 rings (SSSR count). The molecule has 0 aliphatic carbocycles. The van der Waals surface area contributed by atoms with Crippen molar-refractivity contribution in [1.29, 1.82) is 0 Å². The fourth-order valence-corrected chi connectivity index (χ4v) is 1.46. The van der Waals surface area contributed by atoms with E-state index in [1.165, 1.54) is 0 Å². The van der Waals surface area contributed by atoms with Crippen LogP contribution in [0.3, 0.4) is 0 Å². The summed E-state index contributed by atoms with van der Waals surface area (Å²) in [4.78, 5) is 15.2. The molecule has 1 atom stereocenters. The molecule has 1 aliphatic heterocycles. The number of quaternary nitrogens is 1. The molecule has 0 bridgehead atoms. The molecule has 0 saturated carbocycles. The lowest BCUT2D eigenvalue weighted by Gasteiger charge is -2.18. The van der Waals surface area contributed by atoms with Gasteiger partial charge in [-0.1, -0.05) is 18.2 Å². The first-order valence-corrected chi connectivity index (χ1v) is 4.40. The molecule has 3 heteroatoms. The van der Waals surface area contributed by atoms with Crippen molar-refractivity contribution in [2.75, 3.05) is 7.05 Å². The minimum atomic E-state index is 0.115. The molecule has 1 unspecified atom stereocenters. The Morgan fingerprint density at radius 3 is 2.64 bits per heavy atom. The maximum Gasteiger partial charge on any atom is 0.312 e. The van der Waals surface area contributed by atoms with E-state index in [0.29, 0.717) is 0 Å². The summed E-state index contributed by atoms with van der Waals surface area (Å²) in [7, 11) is 1.81. The second kappa shape index (κ2) is 3.20. The zero-order valence-electron chi connectivity index (χ0n) is 7.92. The highest BCUT2D eigenvalue weighted by molar-refractivity contribution is 5.98. The minimum absolute atomic E-state index is 0.115. The lowest BCUT2D eigenvalue weighted by Crippen LogP contribution is -2.41. The highest BCUT2D eigenvalue weighted by Crippen LogP contribution is 2.16. The summed E-state index contributed by atoms with van der Waals surface area (Å²) in [5, 5.41) is 0. The van der Waals surface area contributed by atoms with E-state index in [9.17, 15) is 4.79 Å². The molecule has 0 spiro atoms. The van der Waals surface area contributed by atoms with Crippen molar-refractivity contribution >= 4 is 12.2 Å². The van der Waals surface area contributed by atoms with Gasteiger partial charge in [-0.15, -0.1) is 0 Å². The van der Waals surface area contributed by atoms with Crippen LogP contribution in [0.15, 0.2) is 47.7 Å². The molecule has 0 fully saturated rings. The average molecular weight is 187 g/mol. The summed E-state index contributed by atoms with van der Waals surface area (Å²) >= 11 is 0. The third kappa shape index (κ3) is 1.28. The van der Waals surface area contributed by atoms with Crippen LogP contribution in [-0.4, -0.2) is 23.8 Å². The first kappa shape index (κ1) is 8.84. The molecule has 1 aliphatic rings. The molecule has 14 heavy (non-hydrogen) atoms. The standard InChI is InChI=1S/C11H11N2O/c1-13(9-14)8-7-12-11(13)10-5-3-2-4-6-10/h2-9H,1H3/q+1. The summed E-state index contributed by atoms with van der Waals surface area (Å²) in [5.41, 5.74) is 0.979. The maximum absolute atomic E-state index is 11.0. The molecule has 1 amide bonds. The number of carbonyl (C=O) groups excluding carboxylic acids is 1. The van der Waals surface area contributed by atoms with Gasteiger partial charge in [0.15, 0.2) is 0 Å². The van der Waals surface area contributed by atoms with E-state index in [1.807, 2.05) is 37.4 Å². The third-order valence-electron chi connectivity index (χ3n) is 2.28. The molecule has 70 valence electrons. The van der Waals surface area contributed by atoms with E-state index < -0.39 is 0 Å². The number of carbonyl (C=O) groups is 1. The van der Waals surface area contributed by atoms with E-state index in [-0.39, 0.29) is 4.48 Å². The van der Waals surface area contributed by atoms with E-state index in [4.69, 9.17) is 0 Å². The van der Waals surface area contributed by atoms with Gasteiger partial charge < -0.3 is 0 Å². The van der Waals surface area contributed by atoms with Crippen molar-refractivity contribution < 1.29 is 9.28 Å². The Kier molecular flexibility index (Phi) is 2.02. The Balaban J connectivity index is 2.43. The quantitative estimate of drug-likeness (QED) is 0.510. The number of amides is 1. The second-order valence-electron chi connectivity index (χ2n) is 3.37. The van der Waals surface area contributed by atoms with Gasteiger partial charge in [0, 0.05) is 0 Å². The third-order valence-corrected chi connectivity index (χ3v) is 2.28. The number of amidine groups is 1. The summed E-state index contributed by atoms with van der Waals surface area (Å²) < 4.78 is 0.115. The topological polar surface area (TPSA) is 29.4 Å². The van der Waals surface area contributed by atoms with Crippen LogP contribution in [0, 0.1) is 0 Å². The Bertz CT molecular complexity index is 409. The SMILES string of the molecule is C[N+]1(C=O)C=CN=C1c1ccccc1. The fourth-order valence-electron chi connectivity index (χ4n) is 1.46. The molecule has 3 nitrogen and oxygen atoms in total. The number of nitrogens with zero attached hydrogens (tertiary/aromatic N) is 2. The lowest BCUT2D eigenvalue weighted by atomic mass is 10.2. The van der Waals surface area contributed by atoms with E-state index in [1.54, 1.807) is 12.4 Å². The van der Waals surface area contributed by atoms with Gasteiger partial charge in [0.05, 0.1) is 18.8 Å². The smallest absolute Gasteiger partial charge is 0.233 e. The van der Waals surface area contributed by atoms with Crippen LogP contribution in [0.1, 0.15) is 5.56 Å². The van der Waals surface area contributed by atoms with E-state index in [0.717, 1.165) is 17.8 Å². The highest BCUT2D eigenvalue weighted by Gasteiger charge is 2.31. The van der Waals surface area contributed by atoms with Crippen molar-refractivity contribution in [3.63, 3.8) is 0 Å². The van der Waals surface area contributed by atoms with Crippen LogP contribution >= 0.6 is 0 Å². The predicted octanol–water partition coefficient (Wildman–Crippen LogP) is 1.52. The molecular weight excluding hydrogens is 176 g/mol. The number of benzene rings is 1. The number of hydrogen-bond donors (Lipinski definition) is 0. The van der Waals surface area contributed by atoms with Crippen molar-refractivity contribution in [1.82, 2.24) is 0 Å². The molecule has 0 N–H and O–H groups in total. The van der Waals surface area contributed by atoms with Crippen LogP contribution in [-0.2, 0) is 4.79 Å². The molecule has 0 saturated heterocycles. The van der Waals surface area contributed by atoms with Gasteiger partial charge in [-0.2, -0.15) is 9.48 Å². The minimum Gasteiger partial charge on any atom is -0.233 e. The Morgan fingerprint density at radius 2 is 2.00 bits per heavy atom. The second-order valence-corrected chi connectivity index (χ2v) is 3.37. The van der Waals surface area contributed by atoms with E-state index in [2.05, 4.69) is 4.99 Å². The summed E-state index contributed by atoms with van der Waals surface area (Å²) in [6.07, 6.45) is 4.29. The molecular formula is C11H11N2O+. The van der Waals surface area contributed by atoms with Crippen molar-refractivity contribution in [3.05, 3.63) is 48.3 Å². The monoisotopic (exact) mass is 187 g/mol. The molecule has 0 radical (unpaired) electrons. The largest absolute Gasteiger partial charge is 0.312 e. The van der Waals surface area contributed by atoms with Gasteiger partial charge in [-0.3, -0.25) is 0 Å². The van der Waals surface area contributed by atoms with Gasteiger partial charge in [-0.05, 0) is 12.1 Å². The molecule has 1 aromatic carbocycles. The predicted molar refractivity (Wildman–Crippen MR) is 54.4 cm³/mol. The maximum atomic E-state index is 11.0. The number of rotatable bonds is 2. The summed E-state index contributed by atoms with van der Waals surface area (Å²) in [6.45, 7) is 0. The Labute approximate surface area is 82.6 Å². The van der Waals surface area contributed by atoms with Crippen molar-refractivity contribution in [3.8, 4) is 0 Å². The molecule has 0 aromatic heterocycles. The normalized spacial score (nSPS) is 24.8. The average Bonchev–Trinajstić information content (AvgIpc) is 2.63. The van der Waals surface area contributed by atoms with Crippen LogP contribution in [0.2, 0.25) is 0 Å². The number of aliphatic imine (C=N–C) groups is 1. The van der Waals surface area contributed by atoms with Crippen LogP contribution < -0.4 is 0 Å². The van der Waals surface area contributed by atoms with Gasteiger partial charge in [0.25, 0.3) is 0 Å². The Morgan fingerprint density at radius 1 is 1.29 bits per heavy atom. The number of hydrogen-bond acceptors (Lipinski definition) is 2. The Hall–Kier alpha value is -1.74. The van der Waals surface area contributed by atoms with Crippen molar-refractivity contribution in [2.45, 2.75) is 0 Å². The van der Waals surface area contributed by atoms with Gasteiger partial charge in [-0.25, -0.2) is 4.79 Å². The van der Waals surface area contributed by atoms with Gasteiger partial charge in [0.1, 0.15) is 6.20 Å². The van der Waals surface area contributed by atoms with Crippen LogP contribution in [0.25, 0.3) is 0 Å². The van der Waals surface area contributed by atoms with Gasteiger partial charge >= 0.3 is 6.41 Å².